The van der Waals surface area contributed by atoms with E-state index in [1.807, 2.05) is 42.2 Å². The number of carbonyl (C=O) groups is 2. The van der Waals surface area contributed by atoms with Crippen LogP contribution < -0.4 is 16.4 Å². The molecule has 7 heteroatoms. The van der Waals surface area contributed by atoms with Gasteiger partial charge >= 0.3 is 6.03 Å². The van der Waals surface area contributed by atoms with Gasteiger partial charge in [-0.15, -0.1) is 12.4 Å². The maximum absolute atomic E-state index is 13.3. The third-order valence-electron chi connectivity index (χ3n) is 6.00. The number of amides is 3. The summed E-state index contributed by atoms with van der Waals surface area (Å²) >= 11 is 0. The van der Waals surface area contributed by atoms with Gasteiger partial charge in [0.05, 0.1) is 0 Å². The van der Waals surface area contributed by atoms with E-state index in [0.29, 0.717) is 31.8 Å². The molecule has 2 unspecified atom stereocenters. The summed E-state index contributed by atoms with van der Waals surface area (Å²) in [6.07, 6.45) is 5.41. The molecule has 1 aliphatic carbocycles. The third-order valence-corrected chi connectivity index (χ3v) is 6.00. The minimum Gasteiger partial charge on any atom is -0.340 e. The van der Waals surface area contributed by atoms with Crippen molar-refractivity contribution >= 4 is 24.3 Å². The molecule has 156 valence electrons. The second-order valence-electron chi connectivity index (χ2n) is 8.10. The summed E-state index contributed by atoms with van der Waals surface area (Å²) in [4.78, 5) is 27.8. The van der Waals surface area contributed by atoms with Crippen molar-refractivity contribution in [1.82, 2.24) is 15.5 Å². The van der Waals surface area contributed by atoms with Crippen molar-refractivity contribution in [3.8, 4) is 0 Å². The fourth-order valence-electron chi connectivity index (χ4n) is 4.34. The first-order valence-electron chi connectivity index (χ1n) is 10.1. The van der Waals surface area contributed by atoms with E-state index in [9.17, 15) is 9.59 Å². The Morgan fingerprint density at radius 3 is 2.54 bits per heavy atom. The van der Waals surface area contributed by atoms with Crippen LogP contribution in [0.5, 0.6) is 0 Å². The van der Waals surface area contributed by atoms with Crippen molar-refractivity contribution in [2.45, 2.75) is 63.6 Å². The van der Waals surface area contributed by atoms with E-state index < -0.39 is 5.54 Å². The predicted octanol–water partition coefficient (Wildman–Crippen LogP) is 2.81. The smallest absolute Gasteiger partial charge is 0.315 e. The molecule has 0 aromatic heterocycles. The molecular weight excluding hydrogens is 376 g/mol. The van der Waals surface area contributed by atoms with Gasteiger partial charge in [0.1, 0.15) is 5.54 Å². The van der Waals surface area contributed by atoms with E-state index >= 15 is 0 Å². The highest BCUT2D eigenvalue weighted by Gasteiger charge is 2.45. The summed E-state index contributed by atoms with van der Waals surface area (Å²) in [6, 6.07) is 9.60. The van der Waals surface area contributed by atoms with Gasteiger partial charge in [0, 0.05) is 25.7 Å². The Morgan fingerprint density at radius 2 is 1.89 bits per heavy atom. The van der Waals surface area contributed by atoms with Crippen LogP contribution in [0.1, 0.15) is 51.0 Å². The van der Waals surface area contributed by atoms with Crippen molar-refractivity contribution in [1.29, 1.82) is 0 Å². The Balaban J connectivity index is 0.00000280. The van der Waals surface area contributed by atoms with Crippen LogP contribution >= 0.6 is 12.4 Å². The Hall–Kier alpha value is -1.79. The molecule has 1 aliphatic heterocycles. The average molecular weight is 409 g/mol. The number of benzene rings is 1. The summed E-state index contributed by atoms with van der Waals surface area (Å²) in [7, 11) is 0. The highest BCUT2D eigenvalue weighted by Crippen LogP contribution is 2.33. The van der Waals surface area contributed by atoms with Crippen molar-refractivity contribution in [2.24, 2.45) is 11.7 Å². The van der Waals surface area contributed by atoms with Crippen molar-refractivity contribution in [3.63, 3.8) is 0 Å². The van der Waals surface area contributed by atoms with E-state index in [1.54, 1.807) is 0 Å². The van der Waals surface area contributed by atoms with Gasteiger partial charge in [0.2, 0.25) is 5.91 Å². The van der Waals surface area contributed by atoms with Gasteiger partial charge in [0.15, 0.2) is 0 Å². The number of nitrogens with one attached hydrogen (secondary N) is 2. The number of urea groups is 1. The van der Waals surface area contributed by atoms with Gasteiger partial charge in [-0.2, -0.15) is 0 Å². The summed E-state index contributed by atoms with van der Waals surface area (Å²) in [5.74, 6) is 0.410. The number of carbonyl (C=O) groups excluding carboxylic acids is 2. The molecule has 3 rings (SSSR count). The van der Waals surface area contributed by atoms with Crippen LogP contribution in [-0.2, 0) is 11.3 Å². The van der Waals surface area contributed by atoms with E-state index in [0.717, 1.165) is 37.8 Å². The number of likely N-dealkylation sites (tertiary alicyclic amines) is 1. The predicted molar refractivity (Wildman–Crippen MR) is 113 cm³/mol. The van der Waals surface area contributed by atoms with Crippen molar-refractivity contribution < 1.29 is 9.59 Å². The normalized spacial score (nSPS) is 22.1. The Morgan fingerprint density at radius 1 is 1.21 bits per heavy atom. The van der Waals surface area contributed by atoms with Gasteiger partial charge in [-0.25, -0.2) is 4.79 Å². The number of piperidine rings is 1. The molecule has 3 amide bonds. The van der Waals surface area contributed by atoms with Gasteiger partial charge in [0.25, 0.3) is 0 Å². The zero-order valence-corrected chi connectivity index (χ0v) is 17.5. The van der Waals surface area contributed by atoms with Crippen LogP contribution in [0.3, 0.4) is 0 Å². The Labute approximate surface area is 174 Å². The molecule has 1 aromatic carbocycles. The van der Waals surface area contributed by atoms with E-state index in [4.69, 9.17) is 5.73 Å². The lowest BCUT2D eigenvalue weighted by atomic mass is 9.89. The number of hydrogen-bond donors (Lipinski definition) is 3. The number of rotatable bonds is 5. The maximum Gasteiger partial charge on any atom is 0.315 e. The fraction of sp³-hybridized carbons (Fsp3) is 0.619. The molecular formula is C21H33ClN4O2. The lowest BCUT2D eigenvalue weighted by Gasteiger charge is -2.40. The summed E-state index contributed by atoms with van der Waals surface area (Å²) in [5.41, 5.74) is 6.35. The van der Waals surface area contributed by atoms with Gasteiger partial charge in [-0.1, -0.05) is 43.2 Å². The quantitative estimate of drug-likeness (QED) is 0.700. The highest BCUT2D eigenvalue weighted by molar-refractivity contribution is 5.91. The second kappa shape index (κ2) is 10.1. The fourth-order valence-corrected chi connectivity index (χ4v) is 4.34. The van der Waals surface area contributed by atoms with E-state index in [2.05, 4.69) is 10.6 Å². The van der Waals surface area contributed by atoms with Crippen LogP contribution in [0.4, 0.5) is 4.79 Å². The van der Waals surface area contributed by atoms with Gasteiger partial charge < -0.3 is 21.3 Å². The zero-order valence-electron chi connectivity index (χ0n) is 16.7. The van der Waals surface area contributed by atoms with Gasteiger partial charge in [-0.05, 0) is 44.1 Å². The van der Waals surface area contributed by atoms with Crippen LogP contribution in [0, 0.1) is 5.92 Å². The zero-order chi connectivity index (χ0) is 19.3. The number of nitrogens with two attached hydrogens (primary N) is 1. The van der Waals surface area contributed by atoms with Crippen LogP contribution in [0.2, 0.25) is 0 Å². The molecule has 28 heavy (non-hydrogen) atoms. The summed E-state index contributed by atoms with van der Waals surface area (Å²) in [5, 5.41) is 5.93. The van der Waals surface area contributed by atoms with Crippen LogP contribution in [0.15, 0.2) is 30.3 Å². The molecule has 2 fully saturated rings. The first-order valence-corrected chi connectivity index (χ1v) is 10.1. The first kappa shape index (κ1) is 22.5. The van der Waals surface area contributed by atoms with Crippen molar-refractivity contribution in [3.05, 3.63) is 35.9 Å². The second-order valence-corrected chi connectivity index (χ2v) is 8.10. The Bertz CT molecular complexity index is 647. The molecule has 6 nitrogen and oxygen atoms in total. The molecule has 2 atom stereocenters. The molecule has 0 radical (unpaired) electrons. The largest absolute Gasteiger partial charge is 0.340 e. The monoisotopic (exact) mass is 408 g/mol. The molecule has 2 aliphatic rings. The minimum atomic E-state index is -0.763. The van der Waals surface area contributed by atoms with E-state index in [-0.39, 0.29) is 30.4 Å². The van der Waals surface area contributed by atoms with Crippen LogP contribution in [0.25, 0.3) is 0 Å². The molecule has 1 heterocycles. The standard InChI is InChI=1S/C21H32N4O2.ClH/c1-16(22)18-10-7-13-25(15-18)19(26)21(11-5-6-12-21)24-20(27)23-14-17-8-3-2-4-9-17;/h2-4,8-9,16,18H,5-7,10-15,22H2,1H3,(H2,23,24,27);1H. The molecule has 1 aromatic rings. The highest BCUT2D eigenvalue weighted by atomic mass is 35.5. The first-order chi connectivity index (χ1) is 13.0. The van der Waals surface area contributed by atoms with Gasteiger partial charge in [-0.3, -0.25) is 4.79 Å². The third kappa shape index (κ3) is 5.39. The van der Waals surface area contributed by atoms with Crippen LogP contribution in [-0.4, -0.2) is 41.5 Å². The number of nitrogens with zero attached hydrogens (tertiary/aromatic N) is 1. The summed E-state index contributed by atoms with van der Waals surface area (Å²) in [6.45, 7) is 3.93. The number of hydrogen-bond acceptors (Lipinski definition) is 3. The maximum atomic E-state index is 13.3. The molecule has 0 bridgehead atoms. The molecule has 4 N–H and O–H groups in total. The molecule has 0 spiro atoms. The Kier molecular flexibility index (Phi) is 8.13. The lowest BCUT2D eigenvalue weighted by molar-refractivity contribution is -0.139. The lowest BCUT2D eigenvalue weighted by Crippen LogP contribution is -2.61. The molecule has 1 saturated carbocycles. The van der Waals surface area contributed by atoms with E-state index in [1.165, 1.54) is 0 Å². The average Bonchev–Trinajstić information content (AvgIpc) is 3.16. The summed E-state index contributed by atoms with van der Waals surface area (Å²) < 4.78 is 0. The number of halogens is 1. The SMILES string of the molecule is CC(N)C1CCCN(C(=O)C2(NC(=O)NCc3ccccc3)CCCC2)C1.Cl. The molecule has 1 saturated heterocycles. The van der Waals surface area contributed by atoms with Crippen molar-refractivity contribution in [2.75, 3.05) is 13.1 Å². The minimum absolute atomic E-state index is 0. The topological polar surface area (TPSA) is 87.5 Å².